The first-order valence-electron chi connectivity index (χ1n) is 7.23. The van der Waals surface area contributed by atoms with Crippen LogP contribution in [0.15, 0.2) is 30.3 Å². The second kappa shape index (κ2) is 5.85. The fourth-order valence-corrected chi connectivity index (χ4v) is 3.81. The number of aromatic carboxylic acids is 1. The van der Waals surface area contributed by atoms with Gasteiger partial charge < -0.3 is 10.0 Å². The molecular formula is C16H18N2O2S. The lowest BCUT2D eigenvalue weighted by atomic mass is 10.0. The van der Waals surface area contributed by atoms with E-state index in [-0.39, 0.29) is 0 Å². The molecule has 0 radical (unpaired) electrons. The summed E-state index contributed by atoms with van der Waals surface area (Å²) >= 11 is 1.29. The van der Waals surface area contributed by atoms with E-state index in [0.29, 0.717) is 16.6 Å². The smallest absolute Gasteiger partial charge is 0.348 e. The van der Waals surface area contributed by atoms with Crippen molar-refractivity contribution in [2.45, 2.75) is 32.2 Å². The number of thiazole rings is 1. The van der Waals surface area contributed by atoms with Gasteiger partial charge in [0.2, 0.25) is 0 Å². The number of hydrogen-bond acceptors (Lipinski definition) is 4. The number of piperidine rings is 1. The van der Waals surface area contributed by atoms with E-state index in [1.165, 1.54) is 17.8 Å². The van der Waals surface area contributed by atoms with E-state index >= 15 is 0 Å². The van der Waals surface area contributed by atoms with E-state index in [1.54, 1.807) is 0 Å². The minimum atomic E-state index is -0.901. The Labute approximate surface area is 128 Å². The van der Waals surface area contributed by atoms with Crippen molar-refractivity contribution < 1.29 is 9.90 Å². The van der Waals surface area contributed by atoms with Crippen LogP contribution in [0, 0.1) is 0 Å². The van der Waals surface area contributed by atoms with E-state index in [1.807, 2.05) is 30.3 Å². The Bertz CT molecular complexity index is 639. The maximum Gasteiger partial charge on any atom is 0.348 e. The molecule has 0 saturated carbocycles. The Kier molecular flexibility index (Phi) is 3.92. The van der Waals surface area contributed by atoms with Crippen molar-refractivity contribution in [1.29, 1.82) is 0 Å². The zero-order chi connectivity index (χ0) is 14.8. The van der Waals surface area contributed by atoms with E-state index in [0.717, 1.165) is 30.1 Å². The number of carboxylic acid groups (broad SMARTS) is 1. The van der Waals surface area contributed by atoms with Crippen LogP contribution in [0.2, 0.25) is 0 Å². The highest BCUT2D eigenvalue weighted by molar-refractivity contribution is 7.17. The lowest BCUT2D eigenvalue weighted by Crippen LogP contribution is -2.37. The van der Waals surface area contributed by atoms with Gasteiger partial charge in [-0.2, -0.15) is 0 Å². The normalized spacial score (nSPS) is 18.7. The number of carbonyl (C=O) groups is 1. The lowest BCUT2D eigenvalue weighted by Gasteiger charge is -2.33. The summed E-state index contributed by atoms with van der Waals surface area (Å²) in [4.78, 5) is 18.7. The van der Waals surface area contributed by atoms with Crippen LogP contribution in [0.25, 0.3) is 11.3 Å². The third-order valence-corrected chi connectivity index (χ3v) is 4.99. The summed E-state index contributed by atoms with van der Waals surface area (Å²) in [6, 6.07) is 9.97. The van der Waals surface area contributed by atoms with Gasteiger partial charge in [-0.3, -0.25) is 0 Å². The van der Waals surface area contributed by atoms with Crippen molar-refractivity contribution in [3.63, 3.8) is 0 Å². The summed E-state index contributed by atoms with van der Waals surface area (Å²) in [6.07, 6.45) is 3.52. The molecule has 0 aliphatic carbocycles. The standard InChI is InChI=1S/C16H18N2O2S/c1-11-7-5-6-10-18(11)16-17-13(14(21-16)15(19)20)12-8-3-2-4-9-12/h2-4,8-9,11H,5-7,10H2,1H3,(H,19,20). The number of aromatic nitrogens is 1. The molecule has 1 atom stereocenters. The molecular weight excluding hydrogens is 284 g/mol. The fraction of sp³-hybridized carbons (Fsp3) is 0.375. The summed E-state index contributed by atoms with van der Waals surface area (Å²) < 4.78 is 0. The summed E-state index contributed by atoms with van der Waals surface area (Å²) in [7, 11) is 0. The highest BCUT2D eigenvalue weighted by Gasteiger charge is 2.25. The number of benzene rings is 1. The van der Waals surface area contributed by atoms with Gasteiger partial charge in [0.05, 0.1) is 5.69 Å². The van der Waals surface area contributed by atoms with Crippen LogP contribution in [0.1, 0.15) is 35.9 Å². The summed E-state index contributed by atoms with van der Waals surface area (Å²) in [5.41, 5.74) is 1.45. The molecule has 1 aromatic heterocycles. The Balaban J connectivity index is 2.02. The molecule has 2 heterocycles. The second-order valence-electron chi connectivity index (χ2n) is 5.38. The predicted molar refractivity (Wildman–Crippen MR) is 85.2 cm³/mol. The average Bonchev–Trinajstić information content (AvgIpc) is 2.94. The van der Waals surface area contributed by atoms with Crippen LogP contribution < -0.4 is 4.90 Å². The summed E-state index contributed by atoms with van der Waals surface area (Å²) in [5.74, 6) is -0.901. The van der Waals surface area contributed by atoms with Gasteiger partial charge in [-0.1, -0.05) is 41.7 Å². The maximum absolute atomic E-state index is 11.5. The van der Waals surface area contributed by atoms with Crippen LogP contribution >= 0.6 is 11.3 Å². The molecule has 1 N–H and O–H groups in total. The Morgan fingerprint density at radius 1 is 1.33 bits per heavy atom. The molecule has 3 rings (SSSR count). The third-order valence-electron chi connectivity index (χ3n) is 3.91. The van der Waals surface area contributed by atoms with E-state index in [9.17, 15) is 9.90 Å². The van der Waals surface area contributed by atoms with Crippen molar-refractivity contribution in [2.24, 2.45) is 0 Å². The monoisotopic (exact) mass is 302 g/mol. The number of nitrogens with zero attached hydrogens (tertiary/aromatic N) is 2. The largest absolute Gasteiger partial charge is 0.477 e. The highest BCUT2D eigenvalue weighted by Crippen LogP contribution is 2.35. The first-order chi connectivity index (χ1) is 10.2. The summed E-state index contributed by atoms with van der Waals surface area (Å²) in [5, 5.41) is 10.3. The Morgan fingerprint density at radius 2 is 2.10 bits per heavy atom. The molecule has 1 aliphatic heterocycles. The van der Waals surface area contributed by atoms with Gasteiger partial charge in [0.1, 0.15) is 4.88 Å². The summed E-state index contributed by atoms with van der Waals surface area (Å²) in [6.45, 7) is 3.14. The first kappa shape index (κ1) is 14.1. The van der Waals surface area contributed by atoms with Gasteiger partial charge in [0.15, 0.2) is 5.13 Å². The van der Waals surface area contributed by atoms with Crippen molar-refractivity contribution in [3.8, 4) is 11.3 Å². The minimum absolute atomic E-state index is 0.328. The zero-order valence-electron chi connectivity index (χ0n) is 12.0. The van der Waals surface area contributed by atoms with E-state index < -0.39 is 5.97 Å². The van der Waals surface area contributed by atoms with Crippen LogP contribution in [0.4, 0.5) is 5.13 Å². The molecule has 1 aliphatic rings. The second-order valence-corrected chi connectivity index (χ2v) is 6.36. The van der Waals surface area contributed by atoms with Crippen molar-refractivity contribution in [3.05, 3.63) is 35.2 Å². The Morgan fingerprint density at radius 3 is 2.76 bits per heavy atom. The predicted octanol–water partition coefficient (Wildman–Crippen LogP) is 3.89. The molecule has 0 amide bonds. The molecule has 0 bridgehead atoms. The van der Waals surface area contributed by atoms with Crippen molar-refractivity contribution >= 4 is 22.4 Å². The molecule has 1 fully saturated rings. The van der Waals surface area contributed by atoms with E-state index in [4.69, 9.17) is 0 Å². The molecule has 1 saturated heterocycles. The molecule has 5 heteroatoms. The third kappa shape index (κ3) is 2.78. The lowest BCUT2D eigenvalue weighted by molar-refractivity contribution is 0.0702. The van der Waals surface area contributed by atoms with Gasteiger partial charge in [-0.25, -0.2) is 9.78 Å². The molecule has 4 nitrogen and oxygen atoms in total. The van der Waals surface area contributed by atoms with Crippen LogP contribution in [0.5, 0.6) is 0 Å². The van der Waals surface area contributed by atoms with Gasteiger partial charge in [-0.15, -0.1) is 0 Å². The first-order valence-corrected chi connectivity index (χ1v) is 8.04. The SMILES string of the molecule is CC1CCCCN1c1nc(-c2ccccc2)c(C(=O)O)s1. The topological polar surface area (TPSA) is 53.4 Å². The molecule has 1 unspecified atom stereocenters. The fourth-order valence-electron chi connectivity index (χ4n) is 2.75. The Hall–Kier alpha value is -1.88. The van der Waals surface area contributed by atoms with Crippen LogP contribution in [-0.4, -0.2) is 28.6 Å². The van der Waals surface area contributed by atoms with Gasteiger partial charge in [0, 0.05) is 18.2 Å². The number of anilines is 1. The van der Waals surface area contributed by atoms with Crippen molar-refractivity contribution in [2.75, 3.05) is 11.4 Å². The number of hydrogen-bond donors (Lipinski definition) is 1. The highest BCUT2D eigenvalue weighted by atomic mass is 32.1. The quantitative estimate of drug-likeness (QED) is 0.934. The zero-order valence-corrected chi connectivity index (χ0v) is 12.8. The van der Waals surface area contributed by atoms with E-state index in [2.05, 4.69) is 16.8 Å². The van der Waals surface area contributed by atoms with Crippen molar-refractivity contribution in [1.82, 2.24) is 4.98 Å². The molecule has 110 valence electrons. The number of rotatable bonds is 3. The number of carboxylic acids is 1. The van der Waals surface area contributed by atoms with Gasteiger partial charge in [0.25, 0.3) is 0 Å². The van der Waals surface area contributed by atoms with Gasteiger partial charge >= 0.3 is 5.97 Å². The maximum atomic E-state index is 11.5. The van der Waals surface area contributed by atoms with Crippen LogP contribution in [-0.2, 0) is 0 Å². The molecule has 1 aromatic carbocycles. The van der Waals surface area contributed by atoms with Crippen LogP contribution in [0.3, 0.4) is 0 Å². The molecule has 0 spiro atoms. The minimum Gasteiger partial charge on any atom is -0.477 e. The average molecular weight is 302 g/mol. The molecule has 21 heavy (non-hydrogen) atoms. The van der Waals surface area contributed by atoms with Gasteiger partial charge in [-0.05, 0) is 26.2 Å². The molecule has 2 aromatic rings.